The zero-order valence-corrected chi connectivity index (χ0v) is 12.4. The summed E-state index contributed by atoms with van der Waals surface area (Å²) in [5.41, 5.74) is 2.59. The number of hydrogen-bond acceptors (Lipinski definition) is 2. The Morgan fingerprint density at radius 2 is 2.10 bits per heavy atom. The lowest BCUT2D eigenvalue weighted by molar-refractivity contribution is 0.0251. The number of benzene rings is 1. The van der Waals surface area contributed by atoms with E-state index in [9.17, 15) is 5.11 Å². The molecule has 2 heteroatoms. The maximum atomic E-state index is 10.6. The van der Waals surface area contributed by atoms with E-state index in [0.29, 0.717) is 11.8 Å². The molecule has 20 heavy (non-hydrogen) atoms. The Balaban J connectivity index is 1.70. The van der Waals surface area contributed by atoms with Gasteiger partial charge >= 0.3 is 0 Å². The molecule has 2 saturated carbocycles. The van der Waals surface area contributed by atoms with Crippen LogP contribution in [0.3, 0.4) is 0 Å². The van der Waals surface area contributed by atoms with Crippen molar-refractivity contribution in [2.75, 3.05) is 7.11 Å². The monoisotopic (exact) mass is 272 g/mol. The van der Waals surface area contributed by atoms with E-state index < -0.39 is 5.60 Å². The molecule has 108 valence electrons. The highest BCUT2D eigenvalue weighted by Crippen LogP contribution is 2.61. The third-order valence-corrected chi connectivity index (χ3v) is 6.16. The molecule has 0 bridgehead atoms. The predicted molar refractivity (Wildman–Crippen MR) is 79.0 cm³/mol. The van der Waals surface area contributed by atoms with E-state index in [1.165, 1.54) is 30.4 Å². The fourth-order valence-corrected chi connectivity index (χ4v) is 4.96. The van der Waals surface area contributed by atoms with Crippen molar-refractivity contribution in [3.8, 4) is 5.75 Å². The molecule has 3 aliphatic carbocycles. The first kappa shape index (κ1) is 12.7. The second-order valence-electron chi connectivity index (χ2n) is 7.28. The lowest BCUT2D eigenvalue weighted by atomic mass is 9.71. The van der Waals surface area contributed by atoms with Crippen molar-refractivity contribution in [1.29, 1.82) is 0 Å². The number of rotatable bonds is 1. The van der Waals surface area contributed by atoms with Crippen LogP contribution in [-0.2, 0) is 6.42 Å². The summed E-state index contributed by atoms with van der Waals surface area (Å²) in [5.74, 6) is 3.78. The van der Waals surface area contributed by atoms with Crippen molar-refractivity contribution < 1.29 is 9.84 Å². The first-order valence-corrected chi connectivity index (χ1v) is 7.99. The van der Waals surface area contributed by atoms with E-state index in [-0.39, 0.29) is 0 Å². The minimum absolute atomic E-state index is 0.422. The minimum Gasteiger partial charge on any atom is -0.497 e. The normalized spacial score (nSPS) is 42.0. The Bertz CT molecular complexity index is 534. The zero-order chi connectivity index (χ0) is 13.9. The van der Waals surface area contributed by atoms with Crippen molar-refractivity contribution in [3.63, 3.8) is 0 Å². The Morgan fingerprint density at radius 3 is 2.90 bits per heavy atom. The number of ether oxygens (including phenoxy) is 1. The highest BCUT2D eigenvalue weighted by atomic mass is 16.5. The molecule has 1 aromatic carbocycles. The summed E-state index contributed by atoms with van der Waals surface area (Å²) in [6, 6.07) is 6.61. The van der Waals surface area contributed by atoms with E-state index in [4.69, 9.17) is 4.74 Å². The lowest BCUT2D eigenvalue weighted by Crippen LogP contribution is -2.26. The molecule has 0 radical (unpaired) electrons. The van der Waals surface area contributed by atoms with E-state index in [1.54, 1.807) is 7.11 Å². The van der Waals surface area contributed by atoms with E-state index in [1.807, 2.05) is 0 Å². The van der Waals surface area contributed by atoms with Gasteiger partial charge in [-0.2, -0.15) is 0 Å². The average molecular weight is 272 g/mol. The third kappa shape index (κ3) is 1.81. The van der Waals surface area contributed by atoms with Gasteiger partial charge in [0.2, 0.25) is 0 Å². The van der Waals surface area contributed by atoms with Gasteiger partial charge in [-0.15, -0.1) is 0 Å². The lowest BCUT2D eigenvalue weighted by Gasteiger charge is -2.33. The van der Waals surface area contributed by atoms with Crippen molar-refractivity contribution >= 4 is 0 Å². The highest BCUT2D eigenvalue weighted by Gasteiger charge is 2.56. The minimum atomic E-state index is -0.422. The molecular formula is C18H24O2. The van der Waals surface area contributed by atoms with E-state index in [0.717, 1.165) is 30.4 Å². The van der Waals surface area contributed by atoms with Gasteiger partial charge in [-0.3, -0.25) is 0 Å². The quantitative estimate of drug-likeness (QED) is 0.847. The third-order valence-electron chi connectivity index (χ3n) is 6.16. The Hall–Kier alpha value is -1.02. The number of fused-ring (bicyclic) bond motifs is 5. The van der Waals surface area contributed by atoms with Crippen LogP contribution in [0.5, 0.6) is 5.75 Å². The second-order valence-corrected chi connectivity index (χ2v) is 7.28. The van der Waals surface area contributed by atoms with Crippen LogP contribution in [0.25, 0.3) is 0 Å². The molecule has 1 aromatic rings. The van der Waals surface area contributed by atoms with Crippen molar-refractivity contribution in [2.24, 2.45) is 17.8 Å². The summed E-state index contributed by atoms with van der Waals surface area (Å²) in [4.78, 5) is 0. The number of aliphatic hydroxyl groups is 1. The van der Waals surface area contributed by atoms with Gasteiger partial charge in [0, 0.05) is 0 Å². The Labute approximate surface area is 121 Å². The molecule has 5 unspecified atom stereocenters. The second kappa shape index (κ2) is 4.24. The molecule has 0 heterocycles. The molecule has 3 aliphatic rings. The van der Waals surface area contributed by atoms with Crippen LogP contribution in [0.4, 0.5) is 0 Å². The Morgan fingerprint density at radius 1 is 1.25 bits per heavy atom. The van der Waals surface area contributed by atoms with Crippen LogP contribution < -0.4 is 4.74 Å². The maximum Gasteiger partial charge on any atom is 0.119 e. The van der Waals surface area contributed by atoms with Crippen LogP contribution in [0, 0.1) is 17.8 Å². The number of hydrogen-bond donors (Lipinski definition) is 1. The summed E-state index contributed by atoms with van der Waals surface area (Å²) >= 11 is 0. The molecular weight excluding hydrogens is 248 g/mol. The van der Waals surface area contributed by atoms with Crippen LogP contribution in [0.1, 0.15) is 49.7 Å². The van der Waals surface area contributed by atoms with Gasteiger partial charge in [0.1, 0.15) is 5.75 Å². The summed E-state index contributed by atoms with van der Waals surface area (Å²) < 4.78 is 5.36. The van der Waals surface area contributed by atoms with Gasteiger partial charge in [-0.25, -0.2) is 0 Å². The fourth-order valence-electron chi connectivity index (χ4n) is 4.96. The first-order chi connectivity index (χ1) is 9.60. The van der Waals surface area contributed by atoms with Gasteiger partial charge in [0.05, 0.1) is 12.7 Å². The summed E-state index contributed by atoms with van der Waals surface area (Å²) in [6.45, 7) is 2.06. The molecule has 2 fully saturated rings. The number of methoxy groups -OCH3 is 1. The summed E-state index contributed by atoms with van der Waals surface area (Å²) in [5, 5.41) is 10.6. The molecule has 0 saturated heterocycles. The van der Waals surface area contributed by atoms with Crippen molar-refractivity contribution in [2.45, 2.75) is 50.5 Å². The number of aryl methyl sites for hydroxylation is 1. The summed E-state index contributed by atoms with van der Waals surface area (Å²) in [7, 11) is 1.74. The van der Waals surface area contributed by atoms with Crippen LogP contribution in [0.2, 0.25) is 0 Å². The average Bonchev–Trinajstić information content (AvgIpc) is 3.24. The standard InChI is InChI=1S/C18H24O2/c1-18(19)8-7-15-13-6-4-12(20-2)9-11(13)3-5-14(15)16-10-17(16)18/h4,6,9,14-17,19H,3,5,7-8,10H2,1-2H3. The zero-order valence-electron chi connectivity index (χ0n) is 12.4. The van der Waals surface area contributed by atoms with Gasteiger partial charge in [-0.05, 0) is 86.0 Å². The van der Waals surface area contributed by atoms with Crippen molar-refractivity contribution in [3.05, 3.63) is 29.3 Å². The first-order valence-electron chi connectivity index (χ1n) is 7.99. The van der Waals surface area contributed by atoms with Crippen LogP contribution in [-0.4, -0.2) is 17.8 Å². The van der Waals surface area contributed by atoms with Crippen molar-refractivity contribution in [1.82, 2.24) is 0 Å². The summed E-state index contributed by atoms with van der Waals surface area (Å²) in [6.07, 6.45) is 5.82. The van der Waals surface area contributed by atoms with Gasteiger partial charge < -0.3 is 9.84 Å². The molecule has 4 rings (SSSR count). The van der Waals surface area contributed by atoms with Crippen LogP contribution >= 0.6 is 0 Å². The van der Waals surface area contributed by atoms with Gasteiger partial charge in [-0.1, -0.05) is 6.07 Å². The molecule has 0 aromatic heterocycles. The van der Waals surface area contributed by atoms with Gasteiger partial charge in [0.25, 0.3) is 0 Å². The van der Waals surface area contributed by atoms with E-state index >= 15 is 0 Å². The Kier molecular flexibility index (Phi) is 2.69. The van der Waals surface area contributed by atoms with E-state index in [2.05, 4.69) is 25.1 Å². The van der Waals surface area contributed by atoms with Crippen LogP contribution in [0.15, 0.2) is 18.2 Å². The largest absolute Gasteiger partial charge is 0.497 e. The molecule has 2 nitrogen and oxygen atoms in total. The SMILES string of the molecule is COc1ccc2c(c1)CCC1C2CCC(C)(O)C2CC12. The fraction of sp³-hybridized carbons (Fsp3) is 0.667. The van der Waals surface area contributed by atoms with Gasteiger partial charge in [0.15, 0.2) is 0 Å². The topological polar surface area (TPSA) is 29.5 Å². The maximum absolute atomic E-state index is 10.6. The smallest absolute Gasteiger partial charge is 0.119 e. The molecule has 0 amide bonds. The molecule has 5 atom stereocenters. The predicted octanol–water partition coefficient (Wildman–Crippen LogP) is 3.52. The molecule has 0 aliphatic heterocycles. The highest BCUT2D eigenvalue weighted by molar-refractivity contribution is 5.40. The molecule has 0 spiro atoms. The molecule has 1 N–H and O–H groups in total.